The topological polar surface area (TPSA) is 72.6 Å². The number of hydrogen-bond acceptors (Lipinski definition) is 4. The van der Waals surface area contributed by atoms with Crippen LogP contribution >= 0.6 is 0 Å². The second-order valence-electron chi connectivity index (χ2n) is 5.83. The molecule has 118 valence electrons. The molecule has 1 heterocycles. The van der Waals surface area contributed by atoms with Crippen molar-refractivity contribution >= 4 is 15.7 Å². The van der Waals surface area contributed by atoms with E-state index in [1.165, 1.54) is 0 Å². The third kappa shape index (κ3) is 4.35. The van der Waals surface area contributed by atoms with Gasteiger partial charge in [0.25, 0.3) is 0 Å². The molecule has 2 N–H and O–H groups in total. The van der Waals surface area contributed by atoms with Gasteiger partial charge in [0, 0.05) is 18.8 Å². The van der Waals surface area contributed by atoms with E-state index in [0.717, 1.165) is 6.42 Å². The number of ether oxygens (including phenoxy) is 1. The van der Waals surface area contributed by atoms with E-state index in [-0.39, 0.29) is 12.4 Å². The average Bonchev–Trinajstić information content (AvgIpc) is 2.44. The zero-order valence-corrected chi connectivity index (χ0v) is 13.5. The largest absolute Gasteiger partial charge is 0.492 e. The van der Waals surface area contributed by atoms with E-state index >= 15 is 0 Å². The third-order valence-corrected chi connectivity index (χ3v) is 5.98. The van der Waals surface area contributed by atoms with Crippen LogP contribution in [0.3, 0.4) is 0 Å². The number of nitrogen functional groups attached to an aromatic ring is 1. The summed E-state index contributed by atoms with van der Waals surface area (Å²) in [5.41, 5.74) is 6.25. The zero-order chi connectivity index (χ0) is 15.5. The highest BCUT2D eigenvalue weighted by molar-refractivity contribution is 7.89. The van der Waals surface area contributed by atoms with Gasteiger partial charge in [0.15, 0.2) is 0 Å². The van der Waals surface area contributed by atoms with E-state index in [4.69, 9.17) is 10.5 Å². The molecule has 0 bridgehead atoms. The van der Waals surface area contributed by atoms with Crippen molar-refractivity contribution in [3.8, 4) is 5.75 Å². The molecule has 0 radical (unpaired) electrons. The lowest BCUT2D eigenvalue weighted by Crippen LogP contribution is -2.43. The van der Waals surface area contributed by atoms with Crippen LogP contribution in [-0.2, 0) is 10.0 Å². The Hall–Kier alpha value is -1.27. The number of benzene rings is 1. The maximum Gasteiger partial charge on any atom is 0.217 e. The first-order valence-electron chi connectivity index (χ1n) is 7.34. The summed E-state index contributed by atoms with van der Waals surface area (Å²) in [7, 11) is -3.23. The summed E-state index contributed by atoms with van der Waals surface area (Å²) in [4.78, 5) is 0. The van der Waals surface area contributed by atoms with Gasteiger partial charge >= 0.3 is 0 Å². The van der Waals surface area contributed by atoms with Crippen molar-refractivity contribution in [1.82, 2.24) is 4.31 Å². The van der Waals surface area contributed by atoms with Gasteiger partial charge in [0.2, 0.25) is 10.0 Å². The first-order valence-corrected chi connectivity index (χ1v) is 8.95. The molecule has 0 aliphatic carbocycles. The van der Waals surface area contributed by atoms with Crippen LogP contribution in [0, 0.1) is 11.8 Å². The Morgan fingerprint density at radius 2 is 1.90 bits per heavy atom. The van der Waals surface area contributed by atoms with Gasteiger partial charge in [-0.2, -0.15) is 0 Å². The highest BCUT2D eigenvalue weighted by Crippen LogP contribution is 2.24. The Bertz CT molecular complexity index is 557. The lowest BCUT2D eigenvalue weighted by atomic mass is 9.90. The van der Waals surface area contributed by atoms with Crippen molar-refractivity contribution in [2.75, 3.05) is 31.2 Å². The van der Waals surface area contributed by atoms with E-state index in [2.05, 4.69) is 13.8 Å². The third-order valence-electron chi connectivity index (χ3n) is 4.18. The van der Waals surface area contributed by atoms with E-state index in [1.807, 2.05) is 0 Å². The quantitative estimate of drug-likeness (QED) is 0.844. The van der Waals surface area contributed by atoms with Crippen LogP contribution < -0.4 is 10.5 Å². The minimum absolute atomic E-state index is 0.0124. The molecule has 1 fully saturated rings. The van der Waals surface area contributed by atoms with Crippen molar-refractivity contribution < 1.29 is 13.2 Å². The van der Waals surface area contributed by atoms with Gasteiger partial charge < -0.3 is 10.5 Å². The predicted molar refractivity (Wildman–Crippen MR) is 84.7 cm³/mol. The van der Waals surface area contributed by atoms with Crippen LogP contribution in [-0.4, -0.2) is 38.2 Å². The molecule has 0 amide bonds. The lowest BCUT2D eigenvalue weighted by molar-refractivity contribution is 0.211. The molecule has 1 aromatic carbocycles. The second kappa shape index (κ2) is 6.66. The summed E-state index contributed by atoms with van der Waals surface area (Å²) in [5.74, 6) is 1.65. The number of nitrogens with zero attached hydrogens (tertiary/aromatic N) is 1. The summed E-state index contributed by atoms with van der Waals surface area (Å²) in [6, 6.07) is 6.95. The molecule has 5 nitrogen and oxygen atoms in total. The second-order valence-corrected chi connectivity index (χ2v) is 7.92. The molecule has 0 spiro atoms. The monoisotopic (exact) mass is 312 g/mol. The minimum atomic E-state index is -3.23. The summed E-state index contributed by atoms with van der Waals surface area (Å²) in [5, 5.41) is 0. The minimum Gasteiger partial charge on any atom is -0.492 e. The fourth-order valence-corrected chi connectivity index (χ4v) is 3.83. The van der Waals surface area contributed by atoms with Gasteiger partial charge in [-0.05, 0) is 42.5 Å². The number of anilines is 1. The highest BCUT2D eigenvalue weighted by Gasteiger charge is 2.30. The molecule has 6 heteroatoms. The van der Waals surface area contributed by atoms with E-state index in [1.54, 1.807) is 28.6 Å². The summed E-state index contributed by atoms with van der Waals surface area (Å²) in [6.07, 6.45) is 0.930. The number of nitrogens with two attached hydrogens (primary N) is 1. The number of rotatable bonds is 5. The number of sulfonamides is 1. The summed E-state index contributed by atoms with van der Waals surface area (Å²) in [6.45, 7) is 5.68. The molecule has 1 aliphatic rings. The molecular formula is C15H24N2O3S. The fourth-order valence-electron chi connectivity index (χ4n) is 2.44. The van der Waals surface area contributed by atoms with Crippen LogP contribution in [0.2, 0.25) is 0 Å². The Morgan fingerprint density at radius 3 is 2.52 bits per heavy atom. The van der Waals surface area contributed by atoms with Crippen LogP contribution in [0.1, 0.15) is 20.3 Å². The van der Waals surface area contributed by atoms with Crippen molar-refractivity contribution in [1.29, 1.82) is 0 Å². The molecule has 21 heavy (non-hydrogen) atoms. The molecule has 1 aromatic rings. The van der Waals surface area contributed by atoms with Crippen LogP contribution in [0.5, 0.6) is 5.75 Å². The highest BCUT2D eigenvalue weighted by atomic mass is 32.2. The Balaban J connectivity index is 1.85. The fraction of sp³-hybridized carbons (Fsp3) is 0.600. The molecule has 0 aromatic heterocycles. The van der Waals surface area contributed by atoms with Gasteiger partial charge in [0.05, 0.1) is 5.75 Å². The molecule has 1 aliphatic heterocycles. The van der Waals surface area contributed by atoms with Gasteiger partial charge in [0.1, 0.15) is 12.4 Å². The predicted octanol–water partition coefficient (Wildman–Crippen LogP) is 1.96. The molecule has 0 saturated carbocycles. The summed E-state index contributed by atoms with van der Waals surface area (Å²) >= 11 is 0. The van der Waals surface area contributed by atoms with Gasteiger partial charge in [-0.3, -0.25) is 0 Å². The van der Waals surface area contributed by atoms with E-state index < -0.39 is 10.0 Å². The number of piperidine rings is 1. The van der Waals surface area contributed by atoms with Crippen LogP contribution in [0.25, 0.3) is 0 Å². The molecular weight excluding hydrogens is 288 g/mol. The average molecular weight is 312 g/mol. The van der Waals surface area contributed by atoms with Crippen LogP contribution in [0.15, 0.2) is 24.3 Å². The Labute approximate surface area is 127 Å². The number of hydrogen-bond donors (Lipinski definition) is 1. The maximum absolute atomic E-state index is 12.3. The lowest BCUT2D eigenvalue weighted by Gasteiger charge is -2.34. The molecule has 2 rings (SSSR count). The van der Waals surface area contributed by atoms with Crippen molar-refractivity contribution in [3.05, 3.63) is 24.3 Å². The summed E-state index contributed by atoms with van der Waals surface area (Å²) < 4.78 is 31.7. The first kappa shape index (κ1) is 16.1. The van der Waals surface area contributed by atoms with E-state index in [0.29, 0.717) is 36.4 Å². The molecule has 2 unspecified atom stereocenters. The van der Waals surface area contributed by atoms with Gasteiger partial charge in [-0.15, -0.1) is 0 Å². The Morgan fingerprint density at radius 1 is 1.24 bits per heavy atom. The zero-order valence-electron chi connectivity index (χ0n) is 12.7. The van der Waals surface area contributed by atoms with Gasteiger partial charge in [-0.25, -0.2) is 12.7 Å². The van der Waals surface area contributed by atoms with Crippen LogP contribution in [0.4, 0.5) is 5.69 Å². The van der Waals surface area contributed by atoms with E-state index in [9.17, 15) is 8.42 Å². The van der Waals surface area contributed by atoms with Crippen molar-refractivity contribution in [2.24, 2.45) is 11.8 Å². The van der Waals surface area contributed by atoms with Crippen molar-refractivity contribution in [3.63, 3.8) is 0 Å². The maximum atomic E-state index is 12.3. The smallest absolute Gasteiger partial charge is 0.217 e. The van der Waals surface area contributed by atoms with Gasteiger partial charge in [-0.1, -0.05) is 13.8 Å². The Kier molecular flexibility index (Phi) is 5.11. The molecule has 2 atom stereocenters. The first-order chi connectivity index (χ1) is 9.88. The van der Waals surface area contributed by atoms with Crippen molar-refractivity contribution in [2.45, 2.75) is 20.3 Å². The normalized spacial score (nSPS) is 23.9. The SMILES string of the molecule is CC1CCN(S(=O)(=O)CCOc2ccc(N)cc2)CC1C. The standard InChI is InChI=1S/C15H24N2O3S/c1-12-7-8-17(11-13(12)2)21(18,19)10-9-20-15-5-3-14(16)4-6-15/h3-6,12-13H,7-11,16H2,1-2H3. The molecule has 1 saturated heterocycles.